The number of benzene rings is 5. The molecule has 1 heterocycles. The van der Waals surface area contributed by atoms with E-state index < -0.39 is 25.2 Å². The van der Waals surface area contributed by atoms with Gasteiger partial charge in [-0.25, -0.2) is 4.79 Å². The molecule has 0 saturated heterocycles. The van der Waals surface area contributed by atoms with Gasteiger partial charge in [-0.1, -0.05) is 98.4 Å². The number of para-hydroxylation sites is 1. The molecule has 6 rings (SSSR count). The normalized spacial score (nSPS) is 12.8. The maximum absolute atomic E-state index is 14.7. The van der Waals surface area contributed by atoms with Crippen molar-refractivity contribution in [2.75, 3.05) is 6.61 Å². The van der Waals surface area contributed by atoms with E-state index in [2.05, 4.69) is 29.6 Å². The number of hydrogen-bond acceptors (Lipinski definition) is 5. The minimum absolute atomic E-state index is 0.0541. The Morgan fingerprint density at radius 3 is 2.18 bits per heavy atom. The molecule has 0 fully saturated rings. The summed E-state index contributed by atoms with van der Waals surface area (Å²) in [7, 11) is 0. The van der Waals surface area contributed by atoms with E-state index in [1.165, 1.54) is 6.92 Å². The number of alkyl halides is 3. The van der Waals surface area contributed by atoms with Crippen molar-refractivity contribution in [1.82, 2.24) is 4.57 Å². The Kier molecular flexibility index (Phi) is 11.8. The number of halogens is 3. The van der Waals surface area contributed by atoms with Crippen LogP contribution in [0.25, 0.3) is 32.6 Å². The summed E-state index contributed by atoms with van der Waals surface area (Å²) in [6, 6.07) is 26.6. The van der Waals surface area contributed by atoms with Crippen molar-refractivity contribution < 1.29 is 32.3 Å². The SMILES string of the molecule is CCCCC(CC)Cn1c2ccc(/C(=N/OC(C)=O)c3ccccc3OCCC(F)(F)F)cc2c2cc(C(=O)c3c(C)cc(C)cc3C)c3ccccc3c21. The fourth-order valence-electron chi connectivity index (χ4n) is 7.77. The standard InChI is InChI=1S/C46H47F3N2O4/c1-7-9-14-32(8-2)27-51-40-20-19-33(43(50-55-31(6)52)36-17-12-13-18-41(36)54-22-21-46(47,48)49)25-37(40)38-26-39(34-15-10-11-16-35(34)44(38)51)45(53)42-29(4)23-28(3)24-30(42)5/h10-13,15-20,23-26,32H,7-9,14,21-22,27H2,1-6H3/b50-43-. The molecule has 6 nitrogen and oxygen atoms in total. The largest absolute Gasteiger partial charge is 0.493 e. The molecule has 0 saturated carbocycles. The highest BCUT2D eigenvalue weighted by molar-refractivity contribution is 6.27. The molecule has 1 aromatic heterocycles. The van der Waals surface area contributed by atoms with Crippen LogP contribution in [0.5, 0.6) is 5.75 Å². The van der Waals surface area contributed by atoms with Crippen LogP contribution in [0.2, 0.25) is 0 Å². The second-order valence-electron chi connectivity index (χ2n) is 14.5. The third-order valence-electron chi connectivity index (χ3n) is 10.3. The van der Waals surface area contributed by atoms with Crippen LogP contribution in [-0.4, -0.2) is 34.8 Å². The van der Waals surface area contributed by atoms with Gasteiger partial charge < -0.3 is 14.1 Å². The van der Waals surface area contributed by atoms with Gasteiger partial charge >= 0.3 is 12.1 Å². The first kappa shape index (κ1) is 39.3. The highest BCUT2D eigenvalue weighted by Gasteiger charge is 2.28. The van der Waals surface area contributed by atoms with Gasteiger partial charge in [0.25, 0.3) is 0 Å². The van der Waals surface area contributed by atoms with E-state index in [4.69, 9.17) is 9.57 Å². The third-order valence-corrected chi connectivity index (χ3v) is 10.3. The molecular formula is C46H47F3N2O4. The van der Waals surface area contributed by atoms with E-state index in [9.17, 15) is 22.8 Å². The number of ketones is 1. The number of rotatable bonds is 14. The molecule has 55 heavy (non-hydrogen) atoms. The molecule has 0 radical (unpaired) electrons. The molecule has 0 amide bonds. The lowest BCUT2D eigenvalue weighted by atomic mass is 9.89. The average Bonchev–Trinajstić information content (AvgIpc) is 3.44. The van der Waals surface area contributed by atoms with E-state index >= 15 is 0 Å². The highest BCUT2D eigenvalue weighted by Crippen LogP contribution is 2.39. The summed E-state index contributed by atoms with van der Waals surface area (Å²) in [5.74, 6) is -0.121. The summed E-state index contributed by atoms with van der Waals surface area (Å²) in [5.41, 5.74) is 7.33. The lowest BCUT2D eigenvalue weighted by molar-refractivity contribution is -0.141. The summed E-state index contributed by atoms with van der Waals surface area (Å²) < 4.78 is 47.2. The van der Waals surface area contributed by atoms with Crippen LogP contribution < -0.4 is 4.74 Å². The number of fused-ring (bicyclic) bond motifs is 5. The first-order chi connectivity index (χ1) is 26.3. The van der Waals surface area contributed by atoms with Gasteiger partial charge in [-0.15, -0.1) is 0 Å². The molecule has 0 aliphatic rings. The topological polar surface area (TPSA) is 69.9 Å². The number of hydrogen-bond donors (Lipinski definition) is 0. The van der Waals surface area contributed by atoms with Gasteiger partial charge in [-0.3, -0.25) is 4.79 Å². The minimum Gasteiger partial charge on any atom is -0.493 e. The Balaban J connectivity index is 1.63. The molecule has 0 aliphatic carbocycles. The number of unbranched alkanes of at least 4 members (excludes halogenated alkanes) is 1. The molecule has 1 unspecified atom stereocenters. The zero-order chi connectivity index (χ0) is 39.4. The summed E-state index contributed by atoms with van der Waals surface area (Å²) in [4.78, 5) is 31.9. The maximum atomic E-state index is 14.7. The van der Waals surface area contributed by atoms with Crippen LogP contribution >= 0.6 is 0 Å². The van der Waals surface area contributed by atoms with Crippen LogP contribution in [0.15, 0.2) is 90.1 Å². The predicted molar refractivity (Wildman–Crippen MR) is 214 cm³/mol. The Morgan fingerprint density at radius 2 is 1.51 bits per heavy atom. The van der Waals surface area contributed by atoms with Crippen molar-refractivity contribution in [2.24, 2.45) is 11.1 Å². The van der Waals surface area contributed by atoms with Crippen LogP contribution in [-0.2, 0) is 16.2 Å². The molecule has 0 aliphatic heterocycles. The van der Waals surface area contributed by atoms with Gasteiger partial charge in [-0.2, -0.15) is 13.2 Å². The van der Waals surface area contributed by atoms with Crippen LogP contribution in [0, 0.1) is 26.7 Å². The predicted octanol–water partition coefficient (Wildman–Crippen LogP) is 12.0. The molecular weight excluding hydrogens is 702 g/mol. The highest BCUT2D eigenvalue weighted by atomic mass is 19.4. The zero-order valence-corrected chi connectivity index (χ0v) is 32.3. The molecule has 286 valence electrons. The molecule has 6 aromatic rings. The maximum Gasteiger partial charge on any atom is 0.392 e. The van der Waals surface area contributed by atoms with Gasteiger partial charge in [0.05, 0.1) is 18.5 Å². The summed E-state index contributed by atoms with van der Waals surface area (Å²) in [6.07, 6.45) is -1.21. The number of aromatic nitrogens is 1. The smallest absolute Gasteiger partial charge is 0.392 e. The number of carbonyl (C=O) groups excluding carboxylic acids is 2. The van der Waals surface area contributed by atoms with Crippen molar-refractivity contribution in [3.8, 4) is 5.75 Å². The van der Waals surface area contributed by atoms with Gasteiger partial charge in [0.15, 0.2) is 5.78 Å². The van der Waals surface area contributed by atoms with Crippen LogP contribution in [0.3, 0.4) is 0 Å². The Labute approximate surface area is 319 Å². The second-order valence-corrected chi connectivity index (χ2v) is 14.5. The number of oxime groups is 1. The second kappa shape index (κ2) is 16.5. The fraction of sp³-hybridized carbons (Fsp3) is 0.326. The van der Waals surface area contributed by atoms with Gasteiger partial charge in [-0.05, 0) is 80.0 Å². The lowest BCUT2D eigenvalue weighted by Gasteiger charge is -2.19. The molecule has 9 heteroatoms. The molecule has 1 atom stereocenters. The summed E-state index contributed by atoms with van der Waals surface area (Å²) >= 11 is 0. The van der Waals surface area contributed by atoms with Gasteiger partial charge in [0.2, 0.25) is 0 Å². The van der Waals surface area contributed by atoms with E-state index in [1.807, 2.05) is 75.4 Å². The Bertz CT molecular complexity index is 2400. The van der Waals surface area contributed by atoms with E-state index in [0.717, 1.165) is 81.5 Å². The minimum atomic E-state index is -4.39. The zero-order valence-electron chi connectivity index (χ0n) is 32.3. The first-order valence-corrected chi connectivity index (χ1v) is 19.0. The van der Waals surface area contributed by atoms with Crippen LogP contribution in [0.1, 0.15) is 96.6 Å². The monoisotopic (exact) mass is 748 g/mol. The third kappa shape index (κ3) is 8.46. The number of carbonyl (C=O) groups is 2. The Hall–Kier alpha value is -5.44. The van der Waals surface area contributed by atoms with Gasteiger partial charge in [0, 0.05) is 57.4 Å². The number of aryl methyl sites for hydroxylation is 3. The fourth-order valence-corrected chi connectivity index (χ4v) is 7.77. The Morgan fingerprint density at radius 1 is 0.818 bits per heavy atom. The van der Waals surface area contributed by atoms with E-state index in [1.54, 1.807) is 24.3 Å². The molecule has 0 bridgehead atoms. The van der Waals surface area contributed by atoms with Gasteiger partial charge in [0.1, 0.15) is 11.5 Å². The number of ether oxygens (including phenoxy) is 1. The summed E-state index contributed by atoms with van der Waals surface area (Å²) in [6.45, 7) is 11.8. The van der Waals surface area contributed by atoms with Crippen molar-refractivity contribution >= 4 is 50.0 Å². The van der Waals surface area contributed by atoms with Crippen molar-refractivity contribution in [2.45, 2.75) is 86.4 Å². The lowest BCUT2D eigenvalue weighted by Crippen LogP contribution is -2.15. The quantitative estimate of drug-likeness (QED) is 0.0481. The number of nitrogens with zero attached hydrogens (tertiary/aromatic N) is 2. The van der Waals surface area contributed by atoms with Crippen molar-refractivity contribution in [3.63, 3.8) is 0 Å². The van der Waals surface area contributed by atoms with E-state index in [-0.39, 0.29) is 17.2 Å². The van der Waals surface area contributed by atoms with Crippen LogP contribution in [0.4, 0.5) is 13.2 Å². The molecule has 5 aromatic carbocycles. The average molecular weight is 749 g/mol. The molecule has 0 N–H and O–H groups in total. The first-order valence-electron chi connectivity index (χ1n) is 19.0. The summed E-state index contributed by atoms with van der Waals surface area (Å²) in [5, 5.41) is 7.81. The molecule has 0 spiro atoms. The van der Waals surface area contributed by atoms with Crippen molar-refractivity contribution in [1.29, 1.82) is 0 Å². The van der Waals surface area contributed by atoms with Crippen molar-refractivity contribution in [3.05, 3.63) is 124 Å². The van der Waals surface area contributed by atoms with E-state index in [0.29, 0.717) is 28.2 Å².